The summed E-state index contributed by atoms with van der Waals surface area (Å²) in [6.07, 6.45) is 2.25. The molecule has 1 aliphatic rings. The van der Waals surface area contributed by atoms with E-state index in [0.29, 0.717) is 13.0 Å². The van der Waals surface area contributed by atoms with Crippen molar-refractivity contribution in [2.24, 2.45) is 0 Å². The molecule has 1 aromatic heterocycles. The molecule has 0 bridgehead atoms. The number of para-hydroxylation sites is 2. The number of imidazole rings is 1. The van der Waals surface area contributed by atoms with Crippen molar-refractivity contribution in [3.8, 4) is 5.75 Å². The minimum absolute atomic E-state index is 0.0404. The second-order valence-electron chi connectivity index (χ2n) is 8.89. The van der Waals surface area contributed by atoms with Crippen LogP contribution in [0.4, 0.5) is 5.69 Å². The number of likely N-dealkylation sites (tertiary alicyclic amines) is 1. The first-order valence-corrected chi connectivity index (χ1v) is 12.0. The Balaban J connectivity index is 1.45. The maximum atomic E-state index is 13.1. The monoisotopic (exact) mass is 462 g/mol. The van der Waals surface area contributed by atoms with Crippen LogP contribution in [0.5, 0.6) is 5.75 Å². The van der Waals surface area contributed by atoms with Crippen LogP contribution in [0.15, 0.2) is 59.9 Å². The van der Waals surface area contributed by atoms with Crippen molar-refractivity contribution in [2.45, 2.75) is 45.7 Å². The summed E-state index contributed by atoms with van der Waals surface area (Å²) >= 11 is 0. The molecule has 1 aliphatic heterocycles. The third-order valence-corrected chi connectivity index (χ3v) is 6.68. The predicted molar refractivity (Wildman–Crippen MR) is 137 cm³/mol. The molecule has 0 spiro atoms. The number of fused-ring (bicyclic) bond motifs is 1. The number of piperidine rings is 1. The molecule has 2 aromatic carbocycles. The zero-order valence-corrected chi connectivity index (χ0v) is 20.4. The Hall–Kier alpha value is -3.32. The lowest BCUT2D eigenvalue weighted by Gasteiger charge is -2.38. The van der Waals surface area contributed by atoms with Crippen molar-refractivity contribution >= 4 is 28.3 Å². The van der Waals surface area contributed by atoms with Gasteiger partial charge in [0.05, 0.1) is 18.1 Å². The minimum atomic E-state index is -0.0404. The van der Waals surface area contributed by atoms with Gasteiger partial charge in [0.1, 0.15) is 5.75 Å². The summed E-state index contributed by atoms with van der Waals surface area (Å²) in [4.78, 5) is 30.2. The van der Waals surface area contributed by atoms with Crippen LogP contribution in [0.3, 0.4) is 0 Å². The van der Waals surface area contributed by atoms with Crippen LogP contribution in [-0.2, 0) is 11.3 Å². The van der Waals surface area contributed by atoms with Crippen molar-refractivity contribution in [3.05, 3.63) is 65.6 Å². The maximum Gasteiger partial charge on any atom is 0.333 e. The molecular formula is C27H34N4O3. The molecule has 7 heteroatoms. The lowest BCUT2D eigenvalue weighted by Crippen LogP contribution is -2.48. The largest absolute Gasteiger partial charge is 0.497 e. The second-order valence-corrected chi connectivity index (χ2v) is 8.89. The van der Waals surface area contributed by atoms with Gasteiger partial charge in [0, 0.05) is 56.1 Å². The van der Waals surface area contributed by atoms with E-state index in [-0.39, 0.29) is 17.6 Å². The van der Waals surface area contributed by atoms with E-state index < -0.39 is 0 Å². The molecule has 180 valence electrons. The molecule has 1 fully saturated rings. The Morgan fingerprint density at radius 1 is 1.09 bits per heavy atom. The number of carbonyl (C=O) groups excluding carboxylic acids is 1. The molecule has 0 N–H and O–H groups in total. The van der Waals surface area contributed by atoms with Crippen LogP contribution in [0.25, 0.3) is 16.7 Å². The topological polar surface area (TPSA) is 59.7 Å². The van der Waals surface area contributed by atoms with Gasteiger partial charge in [-0.1, -0.05) is 31.7 Å². The van der Waals surface area contributed by atoms with E-state index in [4.69, 9.17) is 4.74 Å². The van der Waals surface area contributed by atoms with Gasteiger partial charge in [-0.2, -0.15) is 0 Å². The molecule has 0 saturated carbocycles. The Bertz CT molecular complexity index is 1230. The quantitative estimate of drug-likeness (QED) is 0.503. The number of rotatable bonds is 8. The van der Waals surface area contributed by atoms with Gasteiger partial charge in [0.2, 0.25) is 5.91 Å². The van der Waals surface area contributed by atoms with E-state index >= 15 is 0 Å². The first kappa shape index (κ1) is 23.8. The molecular weight excluding hydrogens is 428 g/mol. The van der Waals surface area contributed by atoms with Crippen LogP contribution < -0.4 is 15.3 Å². The molecule has 0 atom stereocenters. The molecule has 7 nitrogen and oxygen atoms in total. The first-order chi connectivity index (χ1) is 16.4. The number of nitrogens with zero attached hydrogens (tertiary/aromatic N) is 4. The third kappa shape index (κ3) is 4.66. The first-order valence-electron chi connectivity index (χ1n) is 12.0. The van der Waals surface area contributed by atoms with Crippen molar-refractivity contribution in [1.29, 1.82) is 0 Å². The summed E-state index contributed by atoms with van der Waals surface area (Å²) in [5.41, 5.74) is 3.40. The molecule has 1 amide bonds. The van der Waals surface area contributed by atoms with Gasteiger partial charge in [-0.05, 0) is 44.0 Å². The molecule has 2 heterocycles. The van der Waals surface area contributed by atoms with Crippen LogP contribution in [0.1, 0.15) is 33.1 Å². The highest BCUT2D eigenvalue weighted by Crippen LogP contribution is 2.28. The maximum absolute atomic E-state index is 13.1. The summed E-state index contributed by atoms with van der Waals surface area (Å²) in [5.74, 6) is 0.883. The Morgan fingerprint density at radius 3 is 2.44 bits per heavy atom. The Labute approximate surface area is 200 Å². The number of carbonyl (C=O) groups is 1. The number of amides is 1. The lowest BCUT2D eigenvalue weighted by atomic mass is 10.0. The van der Waals surface area contributed by atoms with E-state index in [0.717, 1.165) is 60.6 Å². The van der Waals surface area contributed by atoms with E-state index in [1.807, 2.05) is 71.8 Å². The third-order valence-electron chi connectivity index (χ3n) is 6.68. The summed E-state index contributed by atoms with van der Waals surface area (Å²) in [7, 11) is 1.64. The molecule has 4 rings (SSSR count). The summed E-state index contributed by atoms with van der Waals surface area (Å²) in [6.45, 7) is 10.9. The number of methoxy groups -OCH3 is 1. The van der Waals surface area contributed by atoms with Crippen LogP contribution in [0, 0.1) is 0 Å². The smallest absolute Gasteiger partial charge is 0.333 e. The average Bonchev–Trinajstić information content (AvgIpc) is 3.14. The van der Waals surface area contributed by atoms with Gasteiger partial charge in [-0.3, -0.25) is 13.9 Å². The minimum Gasteiger partial charge on any atom is -0.497 e. The molecule has 1 saturated heterocycles. The molecule has 0 aliphatic carbocycles. The second kappa shape index (κ2) is 10.3. The van der Waals surface area contributed by atoms with Gasteiger partial charge in [0.25, 0.3) is 0 Å². The van der Waals surface area contributed by atoms with Crippen molar-refractivity contribution in [3.63, 3.8) is 0 Å². The number of ether oxygens (including phenoxy) is 1. The average molecular weight is 463 g/mol. The van der Waals surface area contributed by atoms with Gasteiger partial charge in [-0.15, -0.1) is 0 Å². The van der Waals surface area contributed by atoms with E-state index in [1.54, 1.807) is 11.7 Å². The number of anilines is 1. The van der Waals surface area contributed by atoms with Gasteiger partial charge in [0.15, 0.2) is 0 Å². The Morgan fingerprint density at radius 2 is 1.79 bits per heavy atom. The number of benzene rings is 2. The van der Waals surface area contributed by atoms with Crippen molar-refractivity contribution in [2.75, 3.05) is 31.6 Å². The normalized spacial score (nSPS) is 14.9. The zero-order chi connectivity index (χ0) is 24.2. The number of allylic oxidation sites excluding steroid dienone is 1. The highest BCUT2D eigenvalue weighted by Gasteiger charge is 2.28. The van der Waals surface area contributed by atoms with E-state index in [9.17, 15) is 9.59 Å². The fourth-order valence-corrected chi connectivity index (χ4v) is 4.92. The summed E-state index contributed by atoms with van der Waals surface area (Å²) < 4.78 is 8.90. The number of aromatic nitrogens is 2. The highest BCUT2D eigenvalue weighted by atomic mass is 16.5. The predicted octanol–water partition coefficient (Wildman–Crippen LogP) is 4.21. The van der Waals surface area contributed by atoms with Crippen LogP contribution >= 0.6 is 0 Å². The van der Waals surface area contributed by atoms with Crippen molar-refractivity contribution in [1.82, 2.24) is 14.0 Å². The standard InChI is InChI=1S/C27H34N4O3/c1-5-26(32)31(22-9-8-10-23(19-22)34-4)21-13-15-28(16-14-21)17-18-29-24-11-6-7-12-25(24)30(20(2)3)27(29)33/h6-12,19,21H,2,5,13-18H2,1,3-4H3. The summed E-state index contributed by atoms with van der Waals surface area (Å²) in [6, 6.07) is 15.8. The molecule has 0 radical (unpaired) electrons. The lowest BCUT2D eigenvalue weighted by molar-refractivity contribution is -0.119. The Kier molecular flexibility index (Phi) is 7.22. The van der Waals surface area contributed by atoms with E-state index in [2.05, 4.69) is 11.5 Å². The van der Waals surface area contributed by atoms with E-state index in [1.165, 1.54) is 0 Å². The number of hydrogen-bond donors (Lipinski definition) is 0. The van der Waals surface area contributed by atoms with Gasteiger partial charge >= 0.3 is 5.69 Å². The molecule has 3 aromatic rings. The summed E-state index contributed by atoms with van der Waals surface area (Å²) in [5, 5.41) is 0. The SMILES string of the molecule is C=C(C)n1c(=O)n(CCN2CCC(N(C(=O)CC)c3cccc(OC)c3)CC2)c2ccccc21. The van der Waals surface area contributed by atoms with Gasteiger partial charge in [-0.25, -0.2) is 4.79 Å². The molecule has 0 unspecified atom stereocenters. The highest BCUT2D eigenvalue weighted by molar-refractivity contribution is 5.94. The van der Waals surface area contributed by atoms with Crippen LogP contribution in [-0.4, -0.2) is 52.7 Å². The van der Waals surface area contributed by atoms with Gasteiger partial charge < -0.3 is 14.5 Å². The fourth-order valence-electron chi connectivity index (χ4n) is 4.92. The fraction of sp³-hybridized carbons (Fsp3) is 0.407. The van der Waals surface area contributed by atoms with Crippen molar-refractivity contribution < 1.29 is 9.53 Å². The zero-order valence-electron chi connectivity index (χ0n) is 20.4. The van der Waals surface area contributed by atoms with Crippen LogP contribution in [0.2, 0.25) is 0 Å². The molecule has 34 heavy (non-hydrogen) atoms. The number of hydrogen-bond acceptors (Lipinski definition) is 4.